The van der Waals surface area contributed by atoms with Crippen molar-refractivity contribution in [3.8, 4) is 22.5 Å². The molecule has 0 aromatic carbocycles. The minimum absolute atomic E-state index is 0.610. The second kappa shape index (κ2) is 6.32. The zero-order valence-electron chi connectivity index (χ0n) is 14.5. The fourth-order valence-electron chi connectivity index (χ4n) is 2.69. The number of aromatic nitrogens is 6. The molecule has 8 heteroatoms. The number of nitrogen functional groups attached to an aromatic ring is 1. The van der Waals surface area contributed by atoms with Crippen LogP contribution in [-0.2, 0) is 14.1 Å². The lowest BCUT2D eigenvalue weighted by Crippen LogP contribution is -1.97. The van der Waals surface area contributed by atoms with Crippen molar-refractivity contribution < 1.29 is 0 Å². The molecule has 4 aromatic heterocycles. The average molecular weight is 346 g/mol. The third kappa shape index (κ3) is 3.00. The molecule has 0 aliphatic carbocycles. The van der Waals surface area contributed by atoms with Gasteiger partial charge in [-0.1, -0.05) is 0 Å². The first-order chi connectivity index (χ1) is 12.6. The molecule has 0 radical (unpaired) electrons. The molecule has 0 atom stereocenters. The van der Waals surface area contributed by atoms with Crippen LogP contribution in [0.1, 0.15) is 0 Å². The van der Waals surface area contributed by atoms with Gasteiger partial charge >= 0.3 is 0 Å². The molecule has 0 saturated heterocycles. The zero-order valence-corrected chi connectivity index (χ0v) is 14.5. The first kappa shape index (κ1) is 15.8. The average Bonchev–Trinajstić information content (AvgIpc) is 3.18. The smallest absolute Gasteiger partial charge is 0.154 e. The van der Waals surface area contributed by atoms with Gasteiger partial charge in [0.25, 0.3) is 0 Å². The number of rotatable bonds is 4. The van der Waals surface area contributed by atoms with Crippen LogP contribution in [0.15, 0.2) is 55.0 Å². The summed E-state index contributed by atoms with van der Waals surface area (Å²) in [6, 6.07) is 11.5. The summed E-state index contributed by atoms with van der Waals surface area (Å²) >= 11 is 0. The highest BCUT2D eigenvalue weighted by Gasteiger charge is 2.09. The standard InChI is InChI=1S/C18H18N8/c1-25-15(13-4-3-7-20-10-13)9-18(24-25)22-17-6-5-12(11-21-17)14-8-16(19)26(2)23-14/h3-11H,19H2,1-2H3,(H,21,22,24). The summed E-state index contributed by atoms with van der Waals surface area (Å²) in [5.74, 6) is 2.03. The van der Waals surface area contributed by atoms with E-state index in [0.29, 0.717) is 17.5 Å². The van der Waals surface area contributed by atoms with Crippen molar-refractivity contribution >= 4 is 17.5 Å². The fourth-order valence-corrected chi connectivity index (χ4v) is 2.69. The number of anilines is 3. The van der Waals surface area contributed by atoms with Gasteiger partial charge in [0.15, 0.2) is 5.82 Å². The Morgan fingerprint density at radius 2 is 1.81 bits per heavy atom. The Kier molecular flexibility index (Phi) is 3.85. The van der Waals surface area contributed by atoms with Gasteiger partial charge in [-0.15, -0.1) is 0 Å². The van der Waals surface area contributed by atoms with E-state index in [0.717, 1.165) is 22.5 Å². The quantitative estimate of drug-likeness (QED) is 0.589. The number of pyridine rings is 2. The molecule has 26 heavy (non-hydrogen) atoms. The van der Waals surface area contributed by atoms with E-state index < -0.39 is 0 Å². The summed E-state index contributed by atoms with van der Waals surface area (Å²) in [5, 5.41) is 12.1. The Morgan fingerprint density at radius 1 is 0.923 bits per heavy atom. The highest BCUT2D eigenvalue weighted by molar-refractivity contribution is 5.66. The lowest BCUT2D eigenvalue weighted by Gasteiger charge is -2.02. The molecule has 3 N–H and O–H groups in total. The molecule has 4 aromatic rings. The number of hydrogen-bond acceptors (Lipinski definition) is 6. The molecule has 130 valence electrons. The van der Waals surface area contributed by atoms with E-state index in [4.69, 9.17) is 5.73 Å². The maximum atomic E-state index is 5.83. The molecule has 0 aliphatic rings. The molecular formula is C18H18N8. The fraction of sp³-hybridized carbons (Fsp3) is 0.111. The topological polar surface area (TPSA) is 99.5 Å². The Bertz CT molecular complexity index is 1010. The van der Waals surface area contributed by atoms with Crippen LogP contribution in [0.5, 0.6) is 0 Å². The van der Waals surface area contributed by atoms with Gasteiger partial charge in [-0.3, -0.25) is 14.3 Å². The van der Waals surface area contributed by atoms with E-state index in [1.54, 1.807) is 17.1 Å². The Hall–Kier alpha value is -3.68. The van der Waals surface area contributed by atoms with E-state index in [9.17, 15) is 0 Å². The first-order valence-corrected chi connectivity index (χ1v) is 8.07. The second-order valence-electron chi connectivity index (χ2n) is 5.92. The molecule has 0 unspecified atom stereocenters. The van der Waals surface area contributed by atoms with Gasteiger partial charge in [0.1, 0.15) is 11.6 Å². The maximum absolute atomic E-state index is 5.83. The lowest BCUT2D eigenvalue weighted by atomic mass is 10.2. The van der Waals surface area contributed by atoms with E-state index in [1.807, 2.05) is 61.4 Å². The summed E-state index contributed by atoms with van der Waals surface area (Å²) in [6.45, 7) is 0. The van der Waals surface area contributed by atoms with Crippen LogP contribution in [0.25, 0.3) is 22.5 Å². The van der Waals surface area contributed by atoms with E-state index in [1.165, 1.54) is 0 Å². The Morgan fingerprint density at radius 3 is 2.46 bits per heavy atom. The molecule has 0 saturated carbocycles. The predicted octanol–water partition coefficient (Wildman–Crippen LogP) is 2.60. The molecule has 0 spiro atoms. The summed E-state index contributed by atoms with van der Waals surface area (Å²) in [5.41, 5.74) is 9.50. The number of hydrogen-bond donors (Lipinski definition) is 2. The largest absolute Gasteiger partial charge is 0.384 e. The molecule has 8 nitrogen and oxygen atoms in total. The Labute approximate surface area is 150 Å². The van der Waals surface area contributed by atoms with Gasteiger partial charge in [0.2, 0.25) is 0 Å². The van der Waals surface area contributed by atoms with Gasteiger partial charge in [-0.2, -0.15) is 10.2 Å². The summed E-state index contributed by atoms with van der Waals surface area (Å²) < 4.78 is 3.44. The monoisotopic (exact) mass is 346 g/mol. The van der Waals surface area contributed by atoms with Gasteiger partial charge in [-0.05, 0) is 24.3 Å². The van der Waals surface area contributed by atoms with Crippen LogP contribution in [0.2, 0.25) is 0 Å². The molecule has 4 rings (SSSR count). The van der Waals surface area contributed by atoms with Crippen molar-refractivity contribution in [2.75, 3.05) is 11.1 Å². The zero-order chi connectivity index (χ0) is 18.1. The maximum Gasteiger partial charge on any atom is 0.154 e. The minimum Gasteiger partial charge on any atom is -0.384 e. The summed E-state index contributed by atoms with van der Waals surface area (Å²) in [7, 11) is 3.71. The van der Waals surface area contributed by atoms with E-state index in [2.05, 4.69) is 25.5 Å². The van der Waals surface area contributed by atoms with Crippen LogP contribution in [-0.4, -0.2) is 29.5 Å². The second-order valence-corrected chi connectivity index (χ2v) is 5.92. The van der Waals surface area contributed by atoms with Gasteiger partial charge < -0.3 is 11.1 Å². The molecule has 4 heterocycles. The van der Waals surface area contributed by atoms with E-state index in [-0.39, 0.29) is 0 Å². The highest BCUT2D eigenvalue weighted by Crippen LogP contribution is 2.24. The van der Waals surface area contributed by atoms with Crippen molar-refractivity contribution in [3.05, 3.63) is 55.0 Å². The van der Waals surface area contributed by atoms with Gasteiger partial charge in [0.05, 0.1) is 11.4 Å². The SMILES string of the molecule is Cn1nc(-c2ccc(Nc3cc(-c4cccnc4)n(C)n3)nc2)cc1N. The van der Waals surface area contributed by atoms with Crippen molar-refractivity contribution in [2.24, 2.45) is 14.1 Å². The van der Waals surface area contributed by atoms with Gasteiger partial charge in [0, 0.05) is 55.9 Å². The molecule has 0 fully saturated rings. The summed E-state index contributed by atoms with van der Waals surface area (Å²) in [4.78, 5) is 8.59. The molecule has 0 amide bonds. The molecule has 0 bridgehead atoms. The normalized spacial score (nSPS) is 10.8. The third-order valence-electron chi connectivity index (χ3n) is 4.07. The minimum atomic E-state index is 0.610. The van der Waals surface area contributed by atoms with Crippen LogP contribution in [0, 0.1) is 0 Å². The number of nitrogens with zero attached hydrogens (tertiary/aromatic N) is 6. The number of nitrogens with two attached hydrogens (primary N) is 1. The molecule has 0 aliphatic heterocycles. The number of aryl methyl sites for hydroxylation is 2. The van der Waals surface area contributed by atoms with Crippen molar-refractivity contribution in [3.63, 3.8) is 0 Å². The van der Waals surface area contributed by atoms with Crippen molar-refractivity contribution in [1.82, 2.24) is 29.5 Å². The lowest BCUT2D eigenvalue weighted by molar-refractivity contribution is 0.779. The van der Waals surface area contributed by atoms with Crippen LogP contribution in [0.3, 0.4) is 0 Å². The molecular weight excluding hydrogens is 328 g/mol. The van der Waals surface area contributed by atoms with Crippen LogP contribution < -0.4 is 11.1 Å². The van der Waals surface area contributed by atoms with Crippen LogP contribution in [0.4, 0.5) is 17.5 Å². The van der Waals surface area contributed by atoms with Crippen molar-refractivity contribution in [2.45, 2.75) is 0 Å². The first-order valence-electron chi connectivity index (χ1n) is 8.07. The van der Waals surface area contributed by atoms with Gasteiger partial charge in [-0.25, -0.2) is 4.98 Å². The third-order valence-corrected chi connectivity index (χ3v) is 4.07. The highest BCUT2D eigenvalue weighted by atomic mass is 15.3. The predicted molar refractivity (Wildman–Crippen MR) is 101 cm³/mol. The van der Waals surface area contributed by atoms with E-state index >= 15 is 0 Å². The number of nitrogens with one attached hydrogen (secondary N) is 1. The summed E-state index contributed by atoms with van der Waals surface area (Å²) in [6.07, 6.45) is 5.32. The Balaban J connectivity index is 1.55. The van der Waals surface area contributed by atoms with Crippen molar-refractivity contribution in [1.29, 1.82) is 0 Å². The van der Waals surface area contributed by atoms with Crippen LogP contribution >= 0.6 is 0 Å².